The molecule has 2 aromatic heterocycles. The van der Waals surface area contributed by atoms with Gasteiger partial charge in [-0.25, -0.2) is 4.79 Å². The minimum absolute atomic E-state index is 0.0361. The molecule has 2 N–H and O–H groups in total. The van der Waals surface area contributed by atoms with E-state index in [1.54, 1.807) is 0 Å². The summed E-state index contributed by atoms with van der Waals surface area (Å²) in [5.74, 6) is -1.33. The van der Waals surface area contributed by atoms with Crippen molar-refractivity contribution < 1.29 is 24.4 Å². The number of β-lactam (4-membered cyclic amide) rings is 1. The lowest BCUT2D eigenvalue weighted by molar-refractivity contribution is -0.385. The molecular weight excluding hydrogens is 506 g/mol. The summed E-state index contributed by atoms with van der Waals surface area (Å²) >= 11 is 4.17. The van der Waals surface area contributed by atoms with Gasteiger partial charge in [0.05, 0.1) is 11.5 Å². The van der Waals surface area contributed by atoms with Gasteiger partial charge >= 0.3 is 11.7 Å². The molecule has 1 fully saturated rings. The van der Waals surface area contributed by atoms with Crippen molar-refractivity contribution in [2.45, 2.75) is 42.6 Å². The van der Waals surface area contributed by atoms with Crippen molar-refractivity contribution in [3.63, 3.8) is 0 Å². The van der Waals surface area contributed by atoms with Crippen LogP contribution >= 0.6 is 34.9 Å². The lowest BCUT2D eigenvalue weighted by atomic mass is 10.0. The van der Waals surface area contributed by atoms with E-state index in [1.165, 1.54) is 51.4 Å². The molecule has 13 nitrogen and oxygen atoms in total. The van der Waals surface area contributed by atoms with Gasteiger partial charge in [0.15, 0.2) is 4.34 Å². The monoisotopic (exact) mass is 525 g/mol. The van der Waals surface area contributed by atoms with E-state index in [0.29, 0.717) is 22.8 Å². The fraction of sp³-hybridized carbons (Fsp3) is 0.444. The molecule has 2 amide bonds. The zero-order valence-corrected chi connectivity index (χ0v) is 20.4. The maximum absolute atomic E-state index is 12.8. The summed E-state index contributed by atoms with van der Waals surface area (Å²) in [5.41, 5.74) is 0.761. The lowest BCUT2D eigenvalue weighted by Crippen LogP contribution is -2.70. The van der Waals surface area contributed by atoms with Gasteiger partial charge < -0.3 is 10.4 Å². The van der Waals surface area contributed by atoms with Crippen LogP contribution in [0.25, 0.3) is 0 Å². The molecule has 4 rings (SSSR count). The van der Waals surface area contributed by atoms with Crippen LogP contribution in [0.1, 0.15) is 17.1 Å². The Balaban J connectivity index is 1.37. The maximum atomic E-state index is 12.8. The van der Waals surface area contributed by atoms with Crippen LogP contribution in [0, 0.1) is 24.0 Å². The van der Waals surface area contributed by atoms with E-state index in [0.717, 1.165) is 15.5 Å². The van der Waals surface area contributed by atoms with Crippen LogP contribution in [0.3, 0.4) is 0 Å². The zero-order chi connectivity index (χ0) is 24.6. The third-order valence-corrected chi connectivity index (χ3v) is 8.67. The molecule has 2 aromatic rings. The highest BCUT2D eigenvalue weighted by atomic mass is 32.2. The molecule has 0 aliphatic carbocycles. The number of nitro groups is 1. The Kier molecular flexibility index (Phi) is 6.90. The number of aliphatic carboxylic acids is 1. The molecule has 0 unspecified atom stereocenters. The molecule has 1 saturated heterocycles. The summed E-state index contributed by atoms with van der Waals surface area (Å²) in [7, 11) is 0. The number of hydrogen-bond acceptors (Lipinski definition) is 11. The molecule has 2 atom stereocenters. The van der Waals surface area contributed by atoms with E-state index in [1.807, 2.05) is 6.92 Å². The maximum Gasteiger partial charge on any atom is 0.352 e. The molecule has 16 heteroatoms. The molecule has 34 heavy (non-hydrogen) atoms. The molecule has 0 aromatic carbocycles. The number of rotatable bonds is 9. The second-order valence-electron chi connectivity index (χ2n) is 7.43. The SMILES string of the molecule is Cc1nnc(SCC2=C(C(=O)O)N3C(=O)[C@@H](NC(=O)CCn4ncc([N+](=O)[O-])c4C)[C@@H]3SC2)s1. The quantitative estimate of drug-likeness (QED) is 0.208. The van der Waals surface area contributed by atoms with Crippen LogP contribution < -0.4 is 5.32 Å². The fourth-order valence-corrected chi connectivity index (χ4v) is 6.87. The van der Waals surface area contributed by atoms with Gasteiger partial charge in [-0.3, -0.25) is 29.3 Å². The Morgan fingerprint density at radius 1 is 1.38 bits per heavy atom. The first-order chi connectivity index (χ1) is 16.2. The van der Waals surface area contributed by atoms with Crippen molar-refractivity contribution in [2.24, 2.45) is 0 Å². The van der Waals surface area contributed by atoms with E-state index in [9.17, 15) is 29.6 Å². The standard InChI is InChI=1S/C18H19N7O6S3/c1-8-11(25(30)31)5-19-23(8)4-3-12(26)20-13-15(27)24-14(17(28)29)10(6-32-16(13)24)7-33-18-22-21-9(2)34-18/h5,13,16H,3-4,6-7H2,1-2H3,(H,20,26)(H,28,29)/t13-,16+/m1/s1. The second kappa shape index (κ2) is 9.71. The highest BCUT2D eigenvalue weighted by Crippen LogP contribution is 2.41. The molecule has 0 radical (unpaired) electrons. The third-order valence-electron chi connectivity index (χ3n) is 5.27. The van der Waals surface area contributed by atoms with E-state index in [4.69, 9.17) is 0 Å². The van der Waals surface area contributed by atoms with Gasteiger partial charge in [-0.15, -0.1) is 22.0 Å². The van der Waals surface area contributed by atoms with Crippen molar-refractivity contribution in [2.75, 3.05) is 11.5 Å². The topological polar surface area (TPSA) is 173 Å². The Hall–Kier alpha value is -2.98. The Labute approximate surface area is 205 Å². The van der Waals surface area contributed by atoms with Crippen molar-refractivity contribution in [3.8, 4) is 0 Å². The first-order valence-electron chi connectivity index (χ1n) is 9.96. The Morgan fingerprint density at radius 2 is 2.15 bits per heavy atom. The number of hydrogen-bond donors (Lipinski definition) is 2. The minimum Gasteiger partial charge on any atom is -0.477 e. The number of carbonyl (C=O) groups is 3. The number of aromatic nitrogens is 4. The van der Waals surface area contributed by atoms with Gasteiger partial charge in [-0.05, 0) is 19.4 Å². The molecule has 180 valence electrons. The summed E-state index contributed by atoms with van der Waals surface area (Å²) in [6.07, 6.45) is 1.09. The predicted octanol–water partition coefficient (Wildman–Crippen LogP) is 1.18. The normalized spacial score (nSPS) is 19.6. The number of carbonyl (C=O) groups excluding carboxylic acids is 2. The average molecular weight is 526 g/mol. The van der Waals surface area contributed by atoms with Gasteiger partial charge in [-0.1, -0.05) is 23.1 Å². The van der Waals surface area contributed by atoms with Crippen LogP contribution in [-0.2, 0) is 20.9 Å². The zero-order valence-electron chi connectivity index (χ0n) is 18.0. The third kappa shape index (κ3) is 4.65. The lowest BCUT2D eigenvalue weighted by Gasteiger charge is -2.49. The van der Waals surface area contributed by atoms with Gasteiger partial charge in [0, 0.05) is 17.9 Å². The number of aryl methyl sites for hydroxylation is 2. The van der Waals surface area contributed by atoms with E-state index >= 15 is 0 Å². The van der Waals surface area contributed by atoms with Crippen LogP contribution in [0.4, 0.5) is 5.69 Å². The number of amides is 2. The number of carboxylic acids is 1. The summed E-state index contributed by atoms with van der Waals surface area (Å²) in [5, 5.41) is 35.5. The summed E-state index contributed by atoms with van der Waals surface area (Å²) in [6.45, 7) is 3.48. The molecule has 2 aliphatic rings. The van der Waals surface area contributed by atoms with Gasteiger partial charge in [0.1, 0.15) is 34.0 Å². The highest BCUT2D eigenvalue weighted by molar-refractivity contribution is 8.01. The van der Waals surface area contributed by atoms with Crippen LogP contribution in [0.15, 0.2) is 21.8 Å². The average Bonchev–Trinajstić information content (AvgIpc) is 3.38. The van der Waals surface area contributed by atoms with Crippen LogP contribution in [0.5, 0.6) is 0 Å². The van der Waals surface area contributed by atoms with Crippen LogP contribution in [-0.4, -0.2) is 75.6 Å². The summed E-state index contributed by atoms with van der Waals surface area (Å²) in [4.78, 5) is 48.7. The second-order valence-corrected chi connectivity index (χ2v) is 10.9. The van der Waals surface area contributed by atoms with Gasteiger partial charge in [0.25, 0.3) is 5.91 Å². The number of thioether (sulfide) groups is 2. The summed E-state index contributed by atoms with van der Waals surface area (Å²) < 4.78 is 2.08. The van der Waals surface area contributed by atoms with Crippen molar-refractivity contribution in [1.29, 1.82) is 0 Å². The predicted molar refractivity (Wildman–Crippen MR) is 123 cm³/mol. The first kappa shape index (κ1) is 24.2. The smallest absolute Gasteiger partial charge is 0.352 e. The molecular formula is C18H19N7O6S3. The number of carboxylic acid groups (broad SMARTS) is 1. The fourth-order valence-electron chi connectivity index (χ4n) is 3.57. The molecule has 4 heterocycles. The van der Waals surface area contributed by atoms with E-state index in [-0.39, 0.29) is 24.4 Å². The molecule has 0 bridgehead atoms. The van der Waals surface area contributed by atoms with Crippen molar-refractivity contribution in [3.05, 3.63) is 38.3 Å². The highest BCUT2D eigenvalue weighted by Gasteiger charge is 2.54. The number of nitrogens with zero attached hydrogens (tertiary/aromatic N) is 6. The van der Waals surface area contributed by atoms with E-state index in [2.05, 4.69) is 20.6 Å². The summed E-state index contributed by atoms with van der Waals surface area (Å²) in [6, 6.07) is -0.833. The van der Waals surface area contributed by atoms with Crippen molar-refractivity contribution >= 4 is 58.3 Å². The Bertz CT molecular complexity index is 1210. The largest absolute Gasteiger partial charge is 0.477 e. The van der Waals surface area contributed by atoms with Crippen molar-refractivity contribution in [1.82, 2.24) is 30.2 Å². The minimum atomic E-state index is -1.19. The first-order valence-corrected chi connectivity index (χ1v) is 12.8. The van der Waals surface area contributed by atoms with Crippen LogP contribution in [0.2, 0.25) is 0 Å². The molecule has 0 saturated carbocycles. The Morgan fingerprint density at radius 3 is 2.76 bits per heavy atom. The van der Waals surface area contributed by atoms with Gasteiger partial charge in [-0.2, -0.15) is 5.10 Å². The number of nitrogens with one attached hydrogen (secondary N) is 1. The molecule has 0 spiro atoms. The molecule has 2 aliphatic heterocycles. The van der Waals surface area contributed by atoms with E-state index < -0.39 is 34.1 Å². The van der Waals surface area contributed by atoms with Gasteiger partial charge in [0.2, 0.25) is 5.91 Å². The number of fused-ring (bicyclic) bond motifs is 1.